The Morgan fingerprint density at radius 1 is 1.27 bits per heavy atom. The molecule has 0 bridgehead atoms. The number of carbonyl (C=O) groups excluding carboxylic acids is 2. The monoisotopic (exact) mass is 389 g/mol. The first kappa shape index (κ1) is 19.8. The zero-order chi connectivity index (χ0) is 19.2. The molecule has 0 aliphatic carbocycles. The van der Waals surface area contributed by atoms with Crippen LogP contribution in [0.4, 0.5) is 13.2 Å². The van der Waals surface area contributed by atoms with Crippen LogP contribution in [0.5, 0.6) is 5.75 Å². The lowest BCUT2D eigenvalue weighted by Gasteiger charge is -2.10. The fraction of sp³-hybridized carbons (Fsp3) is 0.312. The zero-order valence-corrected chi connectivity index (χ0v) is 14.2. The number of nitrogens with one attached hydrogen (secondary N) is 1. The summed E-state index contributed by atoms with van der Waals surface area (Å²) in [6, 6.07) is 5.91. The molecule has 0 saturated heterocycles. The highest BCUT2D eigenvalue weighted by Crippen LogP contribution is 2.31. The summed E-state index contributed by atoms with van der Waals surface area (Å²) in [5.41, 5.74) is -0.694. The second kappa shape index (κ2) is 8.70. The largest absolute Gasteiger partial charge is 0.471 e. The van der Waals surface area contributed by atoms with Gasteiger partial charge in [0.05, 0.1) is 5.56 Å². The molecule has 1 aromatic heterocycles. The molecule has 1 heterocycles. The van der Waals surface area contributed by atoms with E-state index in [4.69, 9.17) is 16.3 Å². The molecule has 2 aromatic rings. The van der Waals surface area contributed by atoms with E-state index in [9.17, 15) is 22.8 Å². The van der Waals surface area contributed by atoms with Gasteiger partial charge in [-0.3, -0.25) is 9.59 Å². The van der Waals surface area contributed by atoms with Crippen LogP contribution in [0.2, 0.25) is 0 Å². The molecule has 26 heavy (non-hydrogen) atoms. The Labute approximate surface area is 151 Å². The van der Waals surface area contributed by atoms with Crippen LogP contribution in [0.1, 0.15) is 28.9 Å². The van der Waals surface area contributed by atoms with E-state index in [-0.39, 0.29) is 31.1 Å². The third-order valence-corrected chi connectivity index (χ3v) is 3.42. The van der Waals surface area contributed by atoms with Crippen molar-refractivity contribution in [3.05, 3.63) is 47.8 Å². The summed E-state index contributed by atoms with van der Waals surface area (Å²) in [4.78, 5) is 22.4. The molecular formula is C16H15ClF3N3O3. The summed E-state index contributed by atoms with van der Waals surface area (Å²) >= 11 is 5.19. The molecule has 0 aliphatic rings. The number of rotatable bonds is 8. The molecule has 0 aliphatic heterocycles. The van der Waals surface area contributed by atoms with Crippen molar-refractivity contribution in [3.63, 3.8) is 0 Å². The maximum Gasteiger partial charge on any atom is 0.416 e. The molecule has 1 aromatic carbocycles. The van der Waals surface area contributed by atoms with Crippen LogP contribution in [-0.4, -0.2) is 27.5 Å². The quantitative estimate of drug-likeness (QED) is 0.556. The van der Waals surface area contributed by atoms with Gasteiger partial charge in [0.15, 0.2) is 6.73 Å². The molecule has 10 heteroatoms. The minimum Gasteiger partial charge on any atom is -0.471 e. The molecule has 0 atom stereocenters. The minimum absolute atomic E-state index is 0.0343. The molecule has 1 amide bonds. The van der Waals surface area contributed by atoms with Crippen molar-refractivity contribution in [1.82, 2.24) is 15.1 Å². The topological polar surface area (TPSA) is 73.2 Å². The number of alkyl halides is 3. The second-order valence-corrected chi connectivity index (χ2v) is 5.68. The molecule has 140 valence electrons. The highest BCUT2D eigenvalue weighted by molar-refractivity contribution is 6.63. The summed E-state index contributed by atoms with van der Waals surface area (Å²) in [7, 11) is 0. The molecule has 0 fully saturated rings. The standard InChI is InChI=1S/C16H15ClF3N3O3/c17-14(24)5-2-7-21-15(25)13-6-8-23(22-13)10-26-12-4-1-3-11(9-12)16(18,19)20/h1,3-4,6,8-9H,2,5,7,10H2,(H,21,25). The van der Waals surface area contributed by atoms with E-state index in [1.165, 1.54) is 29.1 Å². The summed E-state index contributed by atoms with van der Waals surface area (Å²) < 4.78 is 44.5. The maximum absolute atomic E-state index is 12.7. The van der Waals surface area contributed by atoms with E-state index in [2.05, 4.69) is 10.4 Å². The predicted molar refractivity (Wildman–Crippen MR) is 86.7 cm³/mol. The molecular weight excluding hydrogens is 375 g/mol. The van der Waals surface area contributed by atoms with Gasteiger partial charge in [0, 0.05) is 19.2 Å². The van der Waals surface area contributed by atoms with Gasteiger partial charge in [-0.1, -0.05) is 6.07 Å². The Balaban J connectivity index is 1.86. The normalized spacial score (nSPS) is 11.2. The Morgan fingerprint density at radius 2 is 2.04 bits per heavy atom. The van der Waals surface area contributed by atoms with Crippen molar-refractivity contribution in [2.24, 2.45) is 0 Å². The van der Waals surface area contributed by atoms with Gasteiger partial charge in [0.2, 0.25) is 5.24 Å². The van der Waals surface area contributed by atoms with Gasteiger partial charge in [-0.2, -0.15) is 18.3 Å². The van der Waals surface area contributed by atoms with E-state index in [0.29, 0.717) is 6.42 Å². The molecule has 0 saturated carbocycles. The number of nitrogens with zero attached hydrogens (tertiary/aromatic N) is 2. The maximum atomic E-state index is 12.7. The molecule has 0 unspecified atom stereocenters. The van der Waals surface area contributed by atoms with Crippen molar-refractivity contribution in [1.29, 1.82) is 0 Å². The predicted octanol–water partition coefficient (Wildman–Crippen LogP) is 3.21. The van der Waals surface area contributed by atoms with Crippen molar-refractivity contribution in [2.45, 2.75) is 25.7 Å². The minimum atomic E-state index is -4.45. The fourth-order valence-corrected chi connectivity index (χ4v) is 2.11. The zero-order valence-electron chi connectivity index (χ0n) is 13.4. The van der Waals surface area contributed by atoms with Crippen LogP contribution in [-0.2, 0) is 17.7 Å². The first-order valence-corrected chi connectivity index (χ1v) is 7.93. The number of hydrogen-bond donors (Lipinski definition) is 1. The number of aromatic nitrogens is 2. The van der Waals surface area contributed by atoms with E-state index in [0.717, 1.165) is 12.1 Å². The number of amides is 1. The van der Waals surface area contributed by atoms with Gasteiger partial charge in [-0.15, -0.1) is 0 Å². The van der Waals surface area contributed by atoms with Crippen molar-refractivity contribution in [2.75, 3.05) is 6.54 Å². The van der Waals surface area contributed by atoms with Gasteiger partial charge < -0.3 is 10.1 Å². The van der Waals surface area contributed by atoms with Gasteiger partial charge in [0.1, 0.15) is 11.4 Å². The molecule has 0 radical (unpaired) electrons. The SMILES string of the molecule is O=C(Cl)CCCNC(=O)c1ccn(COc2cccc(C(F)(F)F)c2)n1. The third kappa shape index (κ3) is 6.07. The smallest absolute Gasteiger partial charge is 0.416 e. The summed E-state index contributed by atoms with van der Waals surface area (Å²) in [6.07, 6.45) is -2.43. The van der Waals surface area contributed by atoms with Crippen LogP contribution in [0.3, 0.4) is 0 Å². The highest BCUT2D eigenvalue weighted by atomic mass is 35.5. The van der Waals surface area contributed by atoms with E-state index < -0.39 is 22.9 Å². The molecule has 1 N–H and O–H groups in total. The van der Waals surface area contributed by atoms with E-state index in [1.54, 1.807) is 0 Å². The number of carbonyl (C=O) groups is 2. The van der Waals surface area contributed by atoms with Crippen molar-refractivity contribution in [3.8, 4) is 5.75 Å². The van der Waals surface area contributed by atoms with Crippen molar-refractivity contribution < 1.29 is 27.5 Å². The number of halogens is 4. The molecule has 0 spiro atoms. The van der Waals surface area contributed by atoms with Gasteiger partial charge in [-0.05, 0) is 42.3 Å². The van der Waals surface area contributed by atoms with Crippen LogP contribution < -0.4 is 10.1 Å². The van der Waals surface area contributed by atoms with Crippen LogP contribution in [0.15, 0.2) is 36.5 Å². The van der Waals surface area contributed by atoms with Crippen LogP contribution >= 0.6 is 11.6 Å². The number of ether oxygens (including phenoxy) is 1. The lowest BCUT2D eigenvalue weighted by molar-refractivity contribution is -0.137. The lowest BCUT2D eigenvalue weighted by atomic mass is 10.2. The first-order chi connectivity index (χ1) is 12.3. The Bertz CT molecular complexity index is 777. The van der Waals surface area contributed by atoms with Crippen LogP contribution in [0, 0.1) is 0 Å². The van der Waals surface area contributed by atoms with E-state index >= 15 is 0 Å². The number of hydrogen-bond acceptors (Lipinski definition) is 4. The summed E-state index contributed by atoms with van der Waals surface area (Å²) in [5, 5.41) is 6.07. The third-order valence-electron chi connectivity index (χ3n) is 3.23. The Hall–Kier alpha value is -2.55. The summed E-state index contributed by atoms with van der Waals surface area (Å²) in [6.45, 7) is 0.111. The van der Waals surface area contributed by atoms with Gasteiger partial charge >= 0.3 is 6.18 Å². The lowest BCUT2D eigenvalue weighted by Crippen LogP contribution is -2.25. The first-order valence-electron chi connectivity index (χ1n) is 7.56. The van der Waals surface area contributed by atoms with Crippen LogP contribution in [0.25, 0.3) is 0 Å². The average Bonchev–Trinajstić information content (AvgIpc) is 3.05. The van der Waals surface area contributed by atoms with E-state index in [1.807, 2.05) is 0 Å². The Morgan fingerprint density at radius 3 is 2.73 bits per heavy atom. The molecule has 6 nitrogen and oxygen atoms in total. The van der Waals surface area contributed by atoms with Gasteiger partial charge in [-0.25, -0.2) is 4.68 Å². The van der Waals surface area contributed by atoms with Crippen molar-refractivity contribution >= 4 is 22.8 Å². The highest BCUT2D eigenvalue weighted by Gasteiger charge is 2.30. The molecule has 2 rings (SSSR count). The van der Waals surface area contributed by atoms with Gasteiger partial charge in [0.25, 0.3) is 5.91 Å². The second-order valence-electron chi connectivity index (χ2n) is 5.25. The Kier molecular flexibility index (Phi) is 6.62. The number of benzene rings is 1. The summed E-state index contributed by atoms with van der Waals surface area (Å²) in [5.74, 6) is -0.406. The fourth-order valence-electron chi connectivity index (χ4n) is 1.98. The average molecular weight is 390 g/mol.